The van der Waals surface area contributed by atoms with Gasteiger partial charge in [0, 0.05) is 5.56 Å². The molecule has 4 nitrogen and oxygen atoms in total. The monoisotopic (exact) mass is 211 g/mol. The average Bonchev–Trinajstić information content (AvgIpc) is 2.28. The van der Waals surface area contributed by atoms with Crippen LogP contribution >= 0.6 is 0 Å². The fourth-order valence-corrected chi connectivity index (χ4v) is 1.55. The summed E-state index contributed by atoms with van der Waals surface area (Å²) in [5.41, 5.74) is 6.49. The summed E-state index contributed by atoms with van der Waals surface area (Å²) in [6.45, 7) is 0.542. The van der Waals surface area contributed by atoms with Gasteiger partial charge in [0.25, 0.3) is 0 Å². The first-order chi connectivity index (χ1) is 7.28. The minimum absolute atomic E-state index is 0.542. The quantitative estimate of drug-likeness (QED) is 0.795. The highest BCUT2D eigenvalue weighted by Gasteiger charge is 2.14. The van der Waals surface area contributed by atoms with Gasteiger partial charge >= 0.3 is 0 Å². The minimum atomic E-state index is 0.542. The summed E-state index contributed by atoms with van der Waals surface area (Å²) >= 11 is 0. The second kappa shape index (κ2) is 5.46. The van der Waals surface area contributed by atoms with Crippen LogP contribution in [0, 0.1) is 0 Å². The first-order valence-corrected chi connectivity index (χ1v) is 4.76. The molecule has 4 heteroatoms. The molecule has 0 atom stereocenters. The maximum absolute atomic E-state index is 5.55. The molecule has 15 heavy (non-hydrogen) atoms. The fourth-order valence-electron chi connectivity index (χ4n) is 1.55. The number of hydrogen-bond donors (Lipinski definition) is 1. The van der Waals surface area contributed by atoms with Gasteiger partial charge in [0.2, 0.25) is 0 Å². The van der Waals surface area contributed by atoms with Crippen LogP contribution in [0.1, 0.15) is 5.56 Å². The van der Waals surface area contributed by atoms with Crippen LogP contribution in [0.4, 0.5) is 0 Å². The highest BCUT2D eigenvalue weighted by atomic mass is 16.5. The van der Waals surface area contributed by atoms with Crippen molar-refractivity contribution in [3.05, 3.63) is 17.7 Å². The number of ether oxygens (including phenoxy) is 3. The summed E-state index contributed by atoms with van der Waals surface area (Å²) in [5, 5.41) is 0. The van der Waals surface area contributed by atoms with Crippen LogP contribution in [-0.2, 0) is 6.42 Å². The number of rotatable bonds is 5. The number of benzene rings is 1. The van der Waals surface area contributed by atoms with Crippen molar-refractivity contribution >= 4 is 0 Å². The molecule has 84 valence electrons. The molecule has 2 N–H and O–H groups in total. The van der Waals surface area contributed by atoms with Crippen LogP contribution in [0.2, 0.25) is 0 Å². The summed E-state index contributed by atoms with van der Waals surface area (Å²) in [7, 11) is 4.84. The Morgan fingerprint density at radius 2 is 1.60 bits per heavy atom. The maximum Gasteiger partial charge on any atom is 0.167 e. The maximum atomic E-state index is 5.55. The lowest BCUT2D eigenvalue weighted by molar-refractivity contribution is 0.344. The SMILES string of the molecule is COc1ccc(OC)c(OC)c1CCN. The van der Waals surface area contributed by atoms with Crippen molar-refractivity contribution in [2.75, 3.05) is 27.9 Å². The standard InChI is InChI=1S/C11H17NO3/c1-13-9-4-5-10(14-2)11(15-3)8(9)6-7-12/h4-5H,6-7,12H2,1-3H3. The van der Waals surface area contributed by atoms with Crippen LogP contribution in [0.25, 0.3) is 0 Å². The lowest BCUT2D eigenvalue weighted by atomic mass is 10.1. The van der Waals surface area contributed by atoms with Gasteiger partial charge in [-0.3, -0.25) is 0 Å². The van der Waals surface area contributed by atoms with Gasteiger partial charge < -0.3 is 19.9 Å². The molecule has 1 aromatic rings. The Kier molecular flexibility index (Phi) is 4.24. The van der Waals surface area contributed by atoms with Crippen molar-refractivity contribution in [3.63, 3.8) is 0 Å². The highest BCUT2D eigenvalue weighted by molar-refractivity contribution is 5.54. The van der Waals surface area contributed by atoms with E-state index in [-0.39, 0.29) is 0 Å². The lowest BCUT2D eigenvalue weighted by Gasteiger charge is -2.15. The zero-order chi connectivity index (χ0) is 11.3. The molecule has 0 spiro atoms. The van der Waals surface area contributed by atoms with E-state index in [1.54, 1.807) is 21.3 Å². The Morgan fingerprint density at radius 3 is 2.07 bits per heavy atom. The zero-order valence-electron chi connectivity index (χ0n) is 9.37. The van der Waals surface area contributed by atoms with Gasteiger partial charge in [-0.05, 0) is 25.1 Å². The highest BCUT2D eigenvalue weighted by Crippen LogP contribution is 2.37. The molecule has 0 aliphatic heterocycles. The van der Waals surface area contributed by atoms with E-state index in [4.69, 9.17) is 19.9 Å². The van der Waals surface area contributed by atoms with Crippen LogP contribution in [-0.4, -0.2) is 27.9 Å². The molecule has 1 aromatic carbocycles. The van der Waals surface area contributed by atoms with Crippen molar-refractivity contribution in [3.8, 4) is 17.2 Å². The van der Waals surface area contributed by atoms with E-state index in [2.05, 4.69) is 0 Å². The van der Waals surface area contributed by atoms with Gasteiger partial charge in [-0.1, -0.05) is 0 Å². The van der Waals surface area contributed by atoms with Gasteiger partial charge in [-0.15, -0.1) is 0 Å². The van der Waals surface area contributed by atoms with Crippen LogP contribution < -0.4 is 19.9 Å². The van der Waals surface area contributed by atoms with Gasteiger partial charge in [0.05, 0.1) is 21.3 Å². The Labute approximate surface area is 89.9 Å². The van der Waals surface area contributed by atoms with Gasteiger partial charge in [-0.2, -0.15) is 0 Å². The largest absolute Gasteiger partial charge is 0.496 e. The Morgan fingerprint density at radius 1 is 1.00 bits per heavy atom. The molecule has 0 heterocycles. The predicted octanol–water partition coefficient (Wildman–Crippen LogP) is 1.21. The van der Waals surface area contributed by atoms with Gasteiger partial charge in [-0.25, -0.2) is 0 Å². The molecule has 0 unspecified atom stereocenters. The molecule has 0 aliphatic carbocycles. The molecule has 0 aliphatic rings. The molecule has 1 rings (SSSR count). The van der Waals surface area contributed by atoms with Crippen molar-refractivity contribution in [1.29, 1.82) is 0 Å². The van der Waals surface area contributed by atoms with E-state index >= 15 is 0 Å². The minimum Gasteiger partial charge on any atom is -0.496 e. The normalized spacial score (nSPS) is 9.87. The fraction of sp³-hybridized carbons (Fsp3) is 0.455. The molecule has 0 saturated heterocycles. The number of nitrogens with two attached hydrogens (primary N) is 1. The van der Waals surface area contributed by atoms with Crippen LogP contribution in [0.15, 0.2) is 12.1 Å². The molecule has 0 amide bonds. The summed E-state index contributed by atoms with van der Waals surface area (Å²) in [6, 6.07) is 3.67. The molecule has 0 radical (unpaired) electrons. The van der Waals surface area contributed by atoms with Crippen molar-refractivity contribution in [2.24, 2.45) is 5.73 Å². The third-order valence-corrected chi connectivity index (χ3v) is 2.22. The Hall–Kier alpha value is -1.42. The third kappa shape index (κ3) is 2.33. The third-order valence-electron chi connectivity index (χ3n) is 2.22. The van der Waals surface area contributed by atoms with E-state index < -0.39 is 0 Å². The first kappa shape index (κ1) is 11.7. The van der Waals surface area contributed by atoms with Crippen LogP contribution in [0.5, 0.6) is 17.2 Å². The predicted molar refractivity (Wildman–Crippen MR) is 58.9 cm³/mol. The van der Waals surface area contributed by atoms with E-state index in [9.17, 15) is 0 Å². The lowest BCUT2D eigenvalue weighted by Crippen LogP contribution is -2.07. The molecule has 0 bridgehead atoms. The molecular weight excluding hydrogens is 194 g/mol. The van der Waals surface area contributed by atoms with Crippen molar-refractivity contribution < 1.29 is 14.2 Å². The smallest absolute Gasteiger partial charge is 0.167 e. The molecular formula is C11H17NO3. The van der Waals surface area contributed by atoms with Gasteiger partial charge in [0.1, 0.15) is 5.75 Å². The van der Waals surface area contributed by atoms with E-state index in [0.717, 1.165) is 11.3 Å². The zero-order valence-corrected chi connectivity index (χ0v) is 9.37. The van der Waals surface area contributed by atoms with Crippen molar-refractivity contribution in [1.82, 2.24) is 0 Å². The topological polar surface area (TPSA) is 53.7 Å². The molecule has 0 saturated carbocycles. The second-order valence-electron chi connectivity index (χ2n) is 3.02. The van der Waals surface area contributed by atoms with E-state index in [1.807, 2.05) is 12.1 Å². The Balaban J connectivity index is 3.24. The van der Waals surface area contributed by atoms with Crippen LogP contribution in [0.3, 0.4) is 0 Å². The van der Waals surface area contributed by atoms with Crippen molar-refractivity contribution in [2.45, 2.75) is 6.42 Å². The van der Waals surface area contributed by atoms with E-state index in [0.29, 0.717) is 24.5 Å². The summed E-state index contributed by atoms with van der Waals surface area (Å²) in [6.07, 6.45) is 0.698. The summed E-state index contributed by atoms with van der Waals surface area (Å²) in [5.74, 6) is 2.17. The first-order valence-electron chi connectivity index (χ1n) is 4.76. The molecule has 0 aromatic heterocycles. The summed E-state index contributed by atoms with van der Waals surface area (Å²) in [4.78, 5) is 0. The van der Waals surface area contributed by atoms with Gasteiger partial charge in [0.15, 0.2) is 11.5 Å². The summed E-state index contributed by atoms with van der Waals surface area (Å²) < 4.78 is 15.8. The molecule has 0 fully saturated rings. The number of hydrogen-bond acceptors (Lipinski definition) is 4. The second-order valence-corrected chi connectivity index (χ2v) is 3.02. The average molecular weight is 211 g/mol. The van der Waals surface area contributed by atoms with E-state index in [1.165, 1.54) is 0 Å². The Bertz CT molecular complexity index is 326. The number of methoxy groups -OCH3 is 3.